The summed E-state index contributed by atoms with van der Waals surface area (Å²) in [6.07, 6.45) is 1.74. The summed E-state index contributed by atoms with van der Waals surface area (Å²) in [5, 5.41) is 9.02. The lowest BCUT2D eigenvalue weighted by atomic mass is 9.98. The number of carbonyl (C=O) groups is 1. The van der Waals surface area contributed by atoms with Gasteiger partial charge in [-0.25, -0.2) is 0 Å². The second-order valence-corrected chi connectivity index (χ2v) is 5.02. The summed E-state index contributed by atoms with van der Waals surface area (Å²) in [6, 6.07) is 8.01. The van der Waals surface area contributed by atoms with Crippen LogP contribution in [-0.2, 0) is 4.79 Å². The van der Waals surface area contributed by atoms with Gasteiger partial charge in [-0.05, 0) is 31.0 Å². The highest BCUT2D eigenvalue weighted by Gasteiger charge is 2.25. The fraction of sp³-hybridized carbons (Fsp3) is 0.417. The Morgan fingerprint density at radius 1 is 1.50 bits per heavy atom. The predicted octanol–water partition coefficient (Wildman–Crippen LogP) is 2.75. The molecule has 1 aromatic carbocycles. The van der Waals surface area contributed by atoms with Crippen LogP contribution in [0.2, 0.25) is 0 Å². The van der Waals surface area contributed by atoms with E-state index in [1.54, 1.807) is 0 Å². The third-order valence-electron chi connectivity index (χ3n) is 2.94. The van der Waals surface area contributed by atoms with Crippen LogP contribution in [0.3, 0.4) is 0 Å². The maximum absolute atomic E-state index is 11.0. The summed E-state index contributed by atoms with van der Waals surface area (Å²) >= 11 is 3.43. The number of anilines is 1. The van der Waals surface area contributed by atoms with Crippen LogP contribution < -0.4 is 4.90 Å². The number of hydrogen-bond acceptors (Lipinski definition) is 2. The van der Waals surface area contributed by atoms with Gasteiger partial charge in [0.25, 0.3) is 0 Å². The Labute approximate surface area is 103 Å². The molecule has 1 N–H and O–H groups in total. The van der Waals surface area contributed by atoms with Crippen LogP contribution in [0, 0.1) is 5.92 Å². The van der Waals surface area contributed by atoms with Gasteiger partial charge in [0.15, 0.2) is 0 Å². The lowest BCUT2D eigenvalue weighted by Gasteiger charge is -2.32. The molecule has 1 heterocycles. The SMILES string of the molecule is O=C(O)C1CCCN(c2cccc(Br)c2)C1. The highest BCUT2D eigenvalue weighted by molar-refractivity contribution is 9.10. The molecule has 1 atom stereocenters. The Morgan fingerprint density at radius 3 is 3.00 bits per heavy atom. The normalized spacial score (nSPS) is 20.8. The number of carboxylic acid groups (broad SMARTS) is 1. The van der Waals surface area contributed by atoms with Gasteiger partial charge in [0.2, 0.25) is 0 Å². The van der Waals surface area contributed by atoms with Crippen LogP contribution in [0.15, 0.2) is 28.7 Å². The first-order valence-corrected chi connectivity index (χ1v) is 6.19. The van der Waals surface area contributed by atoms with Crippen molar-refractivity contribution in [2.45, 2.75) is 12.8 Å². The van der Waals surface area contributed by atoms with Crippen molar-refractivity contribution >= 4 is 27.6 Å². The Balaban J connectivity index is 2.12. The molecule has 0 amide bonds. The van der Waals surface area contributed by atoms with E-state index >= 15 is 0 Å². The maximum Gasteiger partial charge on any atom is 0.308 e. The minimum Gasteiger partial charge on any atom is -0.481 e. The van der Waals surface area contributed by atoms with E-state index in [0.717, 1.165) is 29.5 Å². The standard InChI is InChI=1S/C12H14BrNO2/c13-10-4-1-5-11(7-10)14-6-2-3-9(8-14)12(15)16/h1,4-5,7,9H,2-3,6,8H2,(H,15,16). The number of piperidine rings is 1. The molecule has 0 aromatic heterocycles. The summed E-state index contributed by atoms with van der Waals surface area (Å²) in [5.41, 5.74) is 1.10. The van der Waals surface area contributed by atoms with Gasteiger partial charge in [-0.1, -0.05) is 22.0 Å². The first kappa shape index (κ1) is 11.5. The number of hydrogen-bond donors (Lipinski definition) is 1. The zero-order valence-corrected chi connectivity index (χ0v) is 10.5. The molecule has 1 aliphatic heterocycles. The van der Waals surface area contributed by atoms with Crippen LogP contribution in [0.5, 0.6) is 0 Å². The highest BCUT2D eigenvalue weighted by atomic mass is 79.9. The number of aliphatic carboxylic acids is 1. The molecule has 16 heavy (non-hydrogen) atoms. The van der Waals surface area contributed by atoms with Gasteiger partial charge in [0.1, 0.15) is 0 Å². The van der Waals surface area contributed by atoms with Gasteiger partial charge in [-0.3, -0.25) is 4.79 Å². The largest absolute Gasteiger partial charge is 0.481 e. The number of nitrogens with zero attached hydrogens (tertiary/aromatic N) is 1. The van der Waals surface area contributed by atoms with Crippen LogP contribution in [0.1, 0.15) is 12.8 Å². The topological polar surface area (TPSA) is 40.5 Å². The van der Waals surface area contributed by atoms with Crippen molar-refractivity contribution in [3.05, 3.63) is 28.7 Å². The number of carboxylic acids is 1. The van der Waals surface area contributed by atoms with E-state index in [4.69, 9.17) is 5.11 Å². The lowest BCUT2D eigenvalue weighted by molar-refractivity contribution is -0.141. The second-order valence-electron chi connectivity index (χ2n) is 4.10. The first-order valence-electron chi connectivity index (χ1n) is 5.40. The van der Waals surface area contributed by atoms with Gasteiger partial charge >= 0.3 is 5.97 Å². The zero-order valence-electron chi connectivity index (χ0n) is 8.90. The Kier molecular flexibility index (Phi) is 3.49. The molecule has 2 rings (SSSR count). The van der Waals surface area contributed by atoms with Crippen molar-refractivity contribution in [2.24, 2.45) is 5.92 Å². The van der Waals surface area contributed by atoms with Crippen molar-refractivity contribution in [3.8, 4) is 0 Å². The fourth-order valence-corrected chi connectivity index (χ4v) is 2.47. The molecule has 86 valence electrons. The summed E-state index contributed by atoms with van der Waals surface area (Å²) in [4.78, 5) is 13.1. The molecule has 0 saturated carbocycles. The van der Waals surface area contributed by atoms with E-state index in [1.807, 2.05) is 24.3 Å². The number of benzene rings is 1. The van der Waals surface area contributed by atoms with E-state index in [0.29, 0.717) is 6.54 Å². The second kappa shape index (κ2) is 4.87. The van der Waals surface area contributed by atoms with E-state index in [1.165, 1.54) is 0 Å². The number of halogens is 1. The third kappa shape index (κ3) is 2.55. The van der Waals surface area contributed by atoms with Crippen molar-refractivity contribution in [2.75, 3.05) is 18.0 Å². The predicted molar refractivity (Wildman–Crippen MR) is 66.7 cm³/mol. The van der Waals surface area contributed by atoms with Gasteiger partial charge in [-0.2, -0.15) is 0 Å². The fourth-order valence-electron chi connectivity index (χ4n) is 2.09. The van der Waals surface area contributed by atoms with E-state index in [2.05, 4.69) is 20.8 Å². The van der Waals surface area contributed by atoms with Crippen molar-refractivity contribution in [1.29, 1.82) is 0 Å². The monoisotopic (exact) mass is 283 g/mol. The molecule has 0 radical (unpaired) electrons. The third-order valence-corrected chi connectivity index (χ3v) is 3.44. The van der Waals surface area contributed by atoms with Crippen molar-refractivity contribution in [1.82, 2.24) is 0 Å². The molecule has 1 saturated heterocycles. The molecule has 0 spiro atoms. The summed E-state index contributed by atoms with van der Waals surface area (Å²) in [5.74, 6) is -0.910. The molecule has 1 aromatic rings. The first-order chi connectivity index (χ1) is 7.66. The van der Waals surface area contributed by atoms with Gasteiger partial charge in [0, 0.05) is 23.2 Å². The molecule has 4 heteroatoms. The average molecular weight is 284 g/mol. The van der Waals surface area contributed by atoms with Crippen molar-refractivity contribution in [3.63, 3.8) is 0 Å². The quantitative estimate of drug-likeness (QED) is 0.907. The maximum atomic E-state index is 11.0. The van der Waals surface area contributed by atoms with Crippen LogP contribution in [-0.4, -0.2) is 24.2 Å². The molecule has 0 aliphatic carbocycles. The minimum absolute atomic E-state index is 0.229. The molecular weight excluding hydrogens is 270 g/mol. The van der Waals surface area contributed by atoms with E-state index in [-0.39, 0.29) is 5.92 Å². The Bertz CT molecular complexity index is 394. The van der Waals surface area contributed by atoms with Gasteiger partial charge < -0.3 is 10.0 Å². The molecule has 0 bridgehead atoms. The molecule has 1 fully saturated rings. The number of rotatable bonds is 2. The van der Waals surface area contributed by atoms with Crippen LogP contribution in [0.25, 0.3) is 0 Å². The highest BCUT2D eigenvalue weighted by Crippen LogP contribution is 2.25. The molecule has 1 aliphatic rings. The van der Waals surface area contributed by atoms with E-state index in [9.17, 15) is 4.79 Å². The molecule has 1 unspecified atom stereocenters. The average Bonchev–Trinajstić information content (AvgIpc) is 2.29. The van der Waals surface area contributed by atoms with Gasteiger partial charge in [-0.15, -0.1) is 0 Å². The van der Waals surface area contributed by atoms with Crippen molar-refractivity contribution < 1.29 is 9.90 Å². The minimum atomic E-state index is -0.681. The smallest absolute Gasteiger partial charge is 0.308 e. The van der Waals surface area contributed by atoms with Crippen LogP contribution >= 0.6 is 15.9 Å². The lowest BCUT2D eigenvalue weighted by Crippen LogP contribution is -2.38. The molecule has 3 nitrogen and oxygen atoms in total. The summed E-state index contributed by atoms with van der Waals surface area (Å²) < 4.78 is 1.03. The van der Waals surface area contributed by atoms with Crippen LogP contribution in [0.4, 0.5) is 5.69 Å². The summed E-state index contributed by atoms with van der Waals surface area (Å²) in [6.45, 7) is 1.56. The van der Waals surface area contributed by atoms with Gasteiger partial charge in [0.05, 0.1) is 5.92 Å². The molecular formula is C12H14BrNO2. The summed E-state index contributed by atoms with van der Waals surface area (Å²) in [7, 11) is 0. The zero-order chi connectivity index (χ0) is 11.5. The van der Waals surface area contributed by atoms with E-state index < -0.39 is 5.97 Å². The Morgan fingerprint density at radius 2 is 2.31 bits per heavy atom. The Hall–Kier alpha value is -1.03.